The minimum absolute atomic E-state index is 0.0257. The summed E-state index contributed by atoms with van der Waals surface area (Å²) >= 11 is 18.5. The average Bonchev–Trinajstić information content (AvgIpc) is 2.75. The Kier molecular flexibility index (Phi) is 6.00. The zero-order valence-corrected chi connectivity index (χ0v) is 15.9. The van der Waals surface area contributed by atoms with E-state index < -0.39 is 11.4 Å². The summed E-state index contributed by atoms with van der Waals surface area (Å²) in [6, 6.07) is 1.71. The van der Waals surface area contributed by atoms with Crippen molar-refractivity contribution >= 4 is 46.6 Å². The second-order valence-electron chi connectivity index (χ2n) is 6.30. The van der Waals surface area contributed by atoms with Gasteiger partial charge in [-0.1, -0.05) is 60.3 Å². The molecular formula is C18H19Cl3O3. The van der Waals surface area contributed by atoms with E-state index in [1.165, 1.54) is 0 Å². The molecule has 6 heteroatoms. The van der Waals surface area contributed by atoms with E-state index in [-0.39, 0.29) is 22.2 Å². The van der Waals surface area contributed by atoms with Crippen LogP contribution in [0.15, 0.2) is 17.2 Å². The van der Waals surface area contributed by atoms with Crippen molar-refractivity contribution in [3.63, 3.8) is 0 Å². The first-order chi connectivity index (χ1) is 11.2. The Morgan fingerprint density at radius 2 is 2.04 bits per heavy atom. The quantitative estimate of drug-likeness (QED) is 0.681. The Balaban J connectivity index is 2.52. The van der Waals surface area contributed by atoms with Crippen molar-refractivity contribution in [2.75, 3.05) is 0 Å². The van der Waals surface area contributed by atoms with Gasteiger partial charge < -0.3 is 5.11 Å². The molecular weight excluding hydrogens is 371 g/mol. The van der Waals surface area contributed by atoms with Crippen LogP contribution in [-0.2, 0) is 17.6 Å². The lowest BCUT2D eigenvalue weighted by Gasteiger charge is -2.25. The number of carbonyl (C=O) groups is 2. The summed E-state index contributed by atoms with van der Waals surface area (Å²) in [5.41, 5.74) is 1.07. The fraction of sp³-hybridized carbons (Fsp3) is 0.444. The fourth-order valence-electron chi connectivity index (χ4n) is 3.41. The highest BCUT2D eigenvalue weighted by molar-refractivity contribution is 6.45. The molecule has 0 bridgehead atoms. The highest BCUT2D eigenvalue weighted by atomic mass is 35.5. The summed E-state index contributed by atoms with van der Waals surface area (Å²) in [6.45, 7) is 3.81. The zero-order valence-electron chi connectivity index (χ0n) is 13.6. The van der Waals surface area contributed by atoms with E-state index in [2.05, 4.69) is 0 Å². The minimum atomic E-state index is -0.988. The normalized spacial score (nSPS) is 20.4. The predicted octanol–water partition coefficient (Wildman–Crippen LogP) is 5.68. The molecule has 0 amide bonds. The zero-order chi connectivity index (χ0) is 18.1. The van der Waals surface area contributed by atoms with Crippen LogP contribution in [0.5, 0.6) is 0 Å². The number of hydrogen-bond donors (Lipinski definition) is 1. The molecule has 1 aliphatic carbocycles. The minimum Gasteiger partial charge on any atom is -0.481 e. The number of fused-ring (bicyclic) bond motifs is 1. The van der Waals surface area contributed by atoms with Crippen LogP contribution < -0.4 is 0 Å². The Hall–Kier alpha value is -1.03. The van der Waals surface area contributed by atoms with Crippen LogP contribution in [0.2, 0.25) is 10.0 Å². The van der Waals surface area contributed by atoms with E-state index in [1.54, 1.807) is 13.0 Å². The topological polar surface area (TPSA) is 54.4 Å². The second-order valence-corrected chi connectivity index (χ2v) is 7.65. The summed E-state index contributed by atoms with van der Waals surface area (Å²) in [5.74, 6) is -1.01. The first-order valence-electron chi connectivity index (χ1n) is 7.80. The number of carbonyl (C=O) groups excluding carboxylic acids is 1. The van der Waals surface area contributed by atoms with Crippen LogP contribution in [0.25, 0.3) is 0 Å². The molecule has 0 aliphatic heterocycles. The van der Waals surface area contributed by atoms with Crippen molar-refractivity contribution in [3.05, 3.63) is 43.9 Å². The van der Waals surface area contributed by atoms with Gasteiger partial charge in [0.1, 0.15) is 0 Å². The largest absolute Gasteiger partial charge is 0.481 e. The predicted molar refractivity (Wildman–Crippen MR) is 97.4 cm³/mol. The van der Waals surface area contributed by atoms with E-state index in [1.807, 2.05) is 13.0 Å². The van der Waals surface area contributed by atoms with E-state index in [9.17, 15) is 9.59 Å². The van der Waals surface area contributed by atoms with Gasteiger partial charge in [0.05, 0.1) is 16.5 Å². The summed E-state index contributed by atoms with van der Waals surface area (Å²) in [5, 5.41) is 9.99. The van der Waals surface area contributed by atoms with Gasteiger partial charge >= 0.3 is 5.97 Å². The fourth-order valence-corrected chi connectivity index (χ4v) is 4.03. The van der Waals surface area contributed by atoms with E-state index in [0.717, 1.165) is 12.0 Å². The Labute approximate surface area is 156 Å². The third-order valence-electron chi connectivity index (χ3n) is 4.45. The molecule has 1 unspecified atom stereocenters. The van der Waals surface area contributed by atoms with Gasteiger partial charge in [-0.05, 0) is 37.3 Å². The van der Waals surface area contributed by atoms with Crippen LogP contribution in [0.4, 0.5) is 0 Å². The molecule has 1 aromatic carbocycles. The third kappa shape index (κ3) is 3.63. The molecule has 0 radical (unpaired) electrons. The van der Waals surface area contributed by atoms with Gasteiger partial charge in [0.15, 0.2) is 5.78 Å². The van der Waals surface area contributed by atoms with E-state index in [0.29, 0.717) is 35.4 Å². The lowest BCUT2D eigenvalue weighted by molar-refractivity contribution is -0.136. The number of allylic oxidation sites excluding steroid dienone is 2. The smallest absolute Gasteiger partial charge is 0.307 e. The molecule has 1 N–H and O–H groups in total. The lowest BCUT2D eigenvalue weighted by Crippen LogP contribution is -2.27. The van der Waals surface area contributed by atoms with Gasteiger partial charge in [-0.3, -0.25) is 9.59 Å². The van der Waals surface area contributed by atoms with Crippen LogP contribution in [0.3, 0.4) is 0 Å². The van der Waals surface area contributed by atoms with Crippen molar-refractivity contribution in [2.24, 2.45) is 5.41 Å². The first kappa shape index (κ1) is 19.3. The summed E-state index contributed by atoms with van der Waals surface area (Å²) in [4.78, 5) is 24.1. The number of hydrogen-bond acceptors (Lipinski definition) is 2. The summed E-state index contributed by atoms with van der Waals surface area (Å²) in [6.07, 6.45) is 4.26. The van der Waals surface area contributed by atoms with Gasteiger partial charge in [-0.25, -0.2) is 0 Å². The number of rotatable bonds is 6. The van der Waals surface area contributed by atoms with Crippen molar-refractivity contribution < 1.29 is 14.7 Å². The number of carboxylic acids is 1. The second kappa shape index (κ2) is 7.47. The van der Waals surface area contributed by atoms with Crippen molar-refractivity contribution in [1.82, 2.24) is 0 Å². The average molecular weight is 390 g/mol. The van der Waals surface area contributed by atoms with Crippen molar-refractivity contribution in [1.29, 1.82) is 0 Å². The molecule has 0 heterocycles. The summed E-state index contributed by atoms with van der Waals surface area (Å²) < 4.78 is 0. The van der Waals surface area contributed by atoms with Crippen LogP contribution in [-0.4, -0.2) is 16.9 Å². The van der Waals surface area contributed by atoms with Crippen LogP contribution in [0, 0.1) is 5.41 Å². The Morgan fingerprint density at radius 3 is 2.58 bits per heavy atom. The Bertz CT molecular complexity index is 721. The number of aliphatic carboxylic acids is 1. The maximum atomic E-state index is 13.1. The maximum Gasteiger partial charge on any atom is 0.307 e. The maximum absolute atomic E-state index is 13.1. The van der Waals surface area contributed by atoms with E-state index in [4.69, 9.17) is 39.9 Å². The standard InChI is InChI=1S/C18H19Cl3O3/c1-3-5-18(6-4-10(2)19)9-12-7-11(8-13(22)23)15(20)16(21)14(12)17(18)24/h4,7H,3,5-6,8-9H2,1-2H3,(H,22,23)/b10-4-. The van der Waals surface area contributed by atoms with Crippen molar-refractivity contribution in [2.45, 2.75) is 46.0 Å². The number of Topliss-reactive ketones (excluding diaryl/α,β-unsaturated/α-hetero) is 1. The molecule has 1 aromatic rings. The van der Waals surface area contributed by atoms with E-state index >= 15 is 0 Å². The Morgan fingerprint density at radius 1 is 1.38 bits per heavy atom. The molecule has 0 spiro atoms. The highest BCUT2D eigenvalue weighted by Crippen LogP contribution is 2.48. The number of ketones is 1. The van der Waals surface area contributed by atoms with Crippen LogP contribution in [0.1, 0.15) is 54.6 Å². The molecule has 3 nitrogen and oxygen atoms in total. The first-order valence-corrected chi connectivity index (χ1v) is 8.94. The molecule has 0 saturated heterocycles. The molecule has 1 atom stereocenters. The lowest BCUT2D eigenvalue weighted by atomic mass is 9.76. The molecule has 130 valence electrons. The third-order valence-corrected chi connectivity index (χ3v) is 5.51. The van der Waals surface area contributed by atoms with Gasteiger partial charge in [0, 0.05) is 16.0 Å². The van der Waals surface area contributed by atoms with Gasteiger partial charge in [-0.15, -0.1) is 0 Å². The SMILES string of the molecule is CCCC1(C/C=C(/C)Cl)Cc2cc(CC(=O)O)c(Cl)c(Cl)c2C1=O. The molecule has 1 aliphatic rings. The van der Waals surface area contributed by atoms with Gasteiger partial charge in [0.25, 0.3) is 0 Å². The van der Waals surface area contributed by atoms with Gasteiger partial charge in [-0.2, -0.15) is 0 Å². The highest BCUT2D eigenvalue weighted by Gasteiger charge is 2.45. The monoisotopic (exact) mass is 388 g/mol. The molecule has 0 fully saturated rings. The van der Waals surface area contributed by atoms with Gasteiger partial charge in [0.2, 0.25) is 0 Å². The van der Waals surface area contributed by atoms with Crippen molar-refractivity contribution in [3.8, 4) is 0 Å². The number of benzene rings is 1. The molecule has 0 aromatic heterocycles. The molecule has 2 rings (SSSR count). The summed E-state index contributed by atoms with van der Waals surface area (Å²) in [7, 11) is 0. The van der Waals surface area contributed by atoms with Crippen LogP contribution >= 0.6 is 34.8 Å². The molecule has 24 heavy (non-hydrogen) atoms. The number of halogens is 3. The number of carboxylic acid groups (broad SMARTS) is 1. The molecule has 0 saturated carbocycles.